The Morgan fingerprint density at radius 2 is 1.85 bits per heavy atom. The number of aromatic nitrogens is 1. The highest BCUT2D eigenvalue weighted by Gasteiger charge is 2.01. The highest BCUT2D eigenvalue weighted by Crippen LogP contribution is 2.20. The molecule has 0 aliphatic heterocycles. The van der Waals surface area contributed by atoms with E-state index in [9.17, 15) is 0 Å². The topological polar surface area (TPSA) is 45.9 Å². The molecule has 0 saturated carbocycles. The molecular formula is C17H12N2O. The van der Waals surface area contributed by atoms with E-state index in [1.54, 1.807) is 6.07 Å². The van der Waals surface area contributed by atoms with Gasteiger partial charge in [0.15, 0.2) is 0 Å². The summed E-state index contributed by atoms with van der Waals surface area (Å²) >= 11 is 0. The van der Waals surface area contributed by atoms with Crippen LogP contribution in [0.5, 0.6) is 5.75 Å². The molecule has 0 unspecified atom stereocenters. The Kier molecular flexibility index (Phi) is 3.30. The lowest BCUT2D eigenvalue weighted by Crippen LogP contribution is -1.95. The van der Waals surface area contributed by atoms with Crippen LogP contribution in [0.25, 0.3) is 10.9 Å². The van der Waals surface area contributed by atoms with E-state index >= 15 is 0 Å². The molecular weight excluding hydrogens is 248 g/mol. The number of hydrogen-bond acceptors (Lipinski definition) is 3. The van der Waals surface area contributed by atoms with Gasteiger partial charge in [-0.05, 0) is 35.9 Å². The summed E-state index contributed by atoms with van der Waals surface area (Å²) in [6.45, 7) is 0.538. The van der Waals surface area contributed by atoms with Crippen LogP contribution in [-0.2, 0) is 6.61 Å². The number of benzene rings is 2. The molecule has 0 saturated heterocycles. The smallest absolute Gasteiger partial charge is 0.141 e. The van der Waals surface area contributed by atoms with Crippen LogP contribution < -0.4 is 4.74 Å². The fourth-order valence-corrected chi connectivity index (χ4v) is 2.00. The lowest BCUT2D eigenvalue weighted by atomic mass is 10.2. The molecule has 3 rings (SSSR count). The molecule has 0 bridgehead atoms. The molecule has 20 heavy (non-hydrogen) atoms. The molecule has 0 amide bonds. The molecule has 3 nitrogen and oxygen atoms in total. The zero-order valence-corrected chi connectivity index (χ0v) is 10.8. The minimum Gasteiger partial charge on any atom is -0.489 e. The third kappa shape index (κ3) is 2.60. The number of pyridine rings is 1. The van der Waals surface area contributed by atoms with Crippen LogP contribution in [-0.4, -0.2) is 4.98 Å². The van der Waals surface area contributed by atoms with Crippen molar-refractivity contribution < 1.29 is 4.74 Å². The van der Waals surface area contributed by atoms with Crippen molar-refractivity contribution in [1.29, 1.82) is 5.26 Å². The summed E-state index contributed by atoms with van der Waals surface area (Å²) in [4.78, 5) is 4.24. The lowest BCUT2D eigenvalue weighted by molar-refractivity contribution is 0.306. The van der Waals surface area contributed by atoms with Crippen molar-refractivity contribution in [3.8, 4) is 11.8 Å². The highest BCUT2D eigenvalue weighted by molar-refractivity contribution is 5.80. The summed E-state index contributed by atoms with van der Waals surface area (Å²) in [6.07, 6.45) is 0. The van der Waals surface area contributed by atoms with Crippen molar-refractivity contribution in [2.24, 2.45) is 0 Å². The molecule has 0 aliphatic carbocycles. The van der Waals surface area contributed by atoms with Gasteiger partial charge < -0.3 is 4.74 Å². The molecule has 1 aromatic heterocycles. The summed E-state index contributed by atoms with van der Waals surface area (Å²) in [5.41, 5.74) is 2.36. The zero-order valence-electron chi connectivity index (χ0n) is 10.8. The Morgan fingerprint density at radius 1 is 1.00 bits per heavy atom. The number of rotatable bonds is 3. The summed E-state index contributed by atoms with van der Waals surface area (Å²) in [7, 11) is 0. The Morgan fingerprint density at radius 3 is 2.65 bits per heavy atom. The van der Waals surface area contributed by atoms with Crippen LogP contribution in [0.15, 0.2) is 60.7 Å². The first kappa shape index (κ1) is 12.2. The summed E-state index contributed by atoms with van der Waals surface area (Å²) < 4.78 is 5.76. The number of nitrogens with zero attached hydrogens (tertiary/aromatic N) is 2. The molecule has 0 aliphatic rings. The second-order valence-corrected chi connectivity index (χ2v) is 4.44. The molecule has 0 spiro atoms. The minimum atomic E-state index is 0.426. The first-order valence-electron chi connectivity index (χ1n) is 6.33. The van der Waals surface area contributed by atoms with E-state index in [-0.39, 0.29) is 0 Å². The number of ether oxygens (including phenoxy) is 1. The van der Waals surface area contributed by atoms with Gasteiger partial charge in [-0.3, -0.25) is 0 Å². The van der Waals surface area contributed by atoms with E-state index in [4.69, 9.17) is 10.00 Å². The van der Waals surface area contributed by atoms with E-state index in [0.717, 1.165) is 22.2 Å². The maximum Gasteiger partial charge on any atom is 0.141 e. The Hall–Kier alpha value is -2.86. The van der Waals surface area contributed by atoms with Crippen molar-refractivity contribution in [3.63, 3.8) is 0 Å². The van der Waals surface area contributed by atoms with Crippen molar-refractivity contribution >= 4 is 10.9 Å². The molecule has 1 heterocycles. The van der Waals surface area contributed by atoms with Crippen LogP contribution in [0, 0.1) is 11.3 Å². The van der Waals surface area contributed by atoms with E-state index in [1.165, 1.54) is 0 Å². The molecule has 0 N–H and O–H groups in total. The number of fused-ring (bicyclic) bond motifs is 1. The normalized spacial score (nSPS) is 10.2. The van der Waals surface area contributed by atoms with Crippen molar-refractivity contribution in [1.82, 2.24) is 4.98 Å². The summed E-state index contributed by atoms with van der Waals surface area (Å²) in [5, 5.41) is 9.79. The maximum atomic E-state index is 8.82. The van der Waals surface area contributed by atoms with Gasteiger partial charge in [-0.25, -0.2) is 4.98 Å². The third-order valence-corrected chi connectivity index (χ3v) is 3.02. The van der Waals surface area contributed by atoms with Crippen molar-refractivity contribution in [2.75, 3.05) is 0 Å². The van der Waals surface area contributed by atoms with Crippen LogP contribution in [0.3, 0.4) is 0 Å². The van der Waals surface area contributed by atoms with Crippen molar-refractivity contribution in [2.45, 2.75) is 6.61 Å². The second-order valence-electron chi connectivity index (χ2n) is 4.44. The van der Waals surface area contributed by atoms with Crippen molar-refractivity contribution in [3.05, 3.63) is 71.9 Å². The van der Waals surface area contributed by atoms with Crippen LogP contribution in [0.1, 0.15) is 11.3 Å². The average Bonchev–Trinajstić information content (AvgIpc) is 2.53. The Bertz CT molecular complexity index is 776. The van der Waals surface area contributed by atoms with Gasteiger partial charge in [0.05, 0.1) is 5.52 Å². The quantitative estimate of drug-likeness (QED) is 0.721. The summed E-state index contributed by atoms with van der Waals surface area (Å²) in [6, 6.07) is 21.3. The SMILES string of the molecule is N#Cc1ccc2cc(OCc3ccccc3)ccc2n1. The lowest BCUT2D eigenvalue weighted by Gasteiger charge is -2.07. The number of nitriles is 1. The highest BCUT2D eigenvalue weighted by atomic mass is 16.5. The largest absolute Gasteiger partial charge is 0.489 e. The average molecular weight is 260 g/mol. The Balaban J connectivity index is 1.81. The standard InChI is InChI=1S/C17H12N2O/c18-11-15-7-6-14-10-16(8-9-17(14)19-15)20-12-13-4-2-1-3-5-13/h1-10H,12H2. The first-order chi connectivity index (χ1) is 9.85. The molecule has 3 heteroatoms. The molecule has 0 atom stereocenters. The van der Waals surface area contributed by atoms with Gasteiger partial charge in [0.2, 0.25) is 0 Å². The predicted molar refractivity (Wildman–Crippen MR) is 77.2 cm³/mol. The predicted octanol–water partition coefficient (Wildman–Crippen LogP) is 3.69. The van der Waals surface area contributed by atoms with Gasteiger partial charge in [0.1, 0.15) is 24.1 Å². The zero-order chi connectivity index (χ0) is 13.8. The van der Waals surface area contributed by atoms with Gasteiger partial charge in [-0.2, -0.15) is 5.26 Å². The van der Waals surface area contributed by atoms with E-state index < -0.39 is 0 Å². The van der Waals surface area contributed by atoms with Gasteiger partial charge in [-0.15, -0.1) is 0 Å². The molecule has 96 valence electrons. The molecule has 0 fully saturated rings. The van der Waals surface area contributed by atoms with Crippen LogP contribution >= 0.6 is 0 Å². The van der Waals surface area contributed by atoms with Crippen LogP contribution in [0.2, 0.25) is 0 Å². The molecule has 3 aromatic rings. The van der Waals surface area contributed by atoms with Gasteiger partial charge >= 0.3 is 0 Å². The van der Waals surface area contributed by atoms with Gasteiger partial charge in [0.25, 0.3) is 0 Å². The molecule has 2 aromatic carbocycles. The molecule has 0 radical (unpaired) electrons. The fraction of sp³-hybridized carbons (Fsp3) is 0.0588. The Labute approximate surface area is 117 Å². The number of hydrogen-bond donors (Lipinski definition) is 0. The fourth-order valence-electron chi connectivity index (χ4n) is 2.00. The van der Waals surface area contributed by atoms with E-state index in [1.807, 2.05) is 60.7 Å². The van der Waals surface area contributed by atoms with Gasteiger partial charge in [0, 0.05) is 5.39 Å². The monoisotopic (exact) mass is 260 g/mol. The second kappa shape index (κ2) is 5.41. The third-order valence-electron chi connectivity index (χ3n) is 3.02. The van der Waals surface area contributed by atoms with E-state index in [2.05, 4.69) is 4.98 Å². The summed E-state index contributed by atoms with van der Waals surface area (Å²) in [5.74, 6) is 0.799. The van der Waals surface area contributed by atoms with Crippen LogP contribution in [0.4, 0.5) is 0 Å². The van der Waals surface area contributed by atoms with E-state index in [0.29, 0.717) is 12.3 Å². The minimum absolute atomic E-state index is 0.426. The van der Waals surface area contributed by atoms with Gasteiger partial charge in [-0.1, -0.05) is 30.3 Å². The first-order valence-corrected chi connectivity index (χ1v) is 6.33. The maximum absolute atomic E-state index is 8.82.